The van der Waals surface area contributed by atoms with Gasteiger partial charge in [-0.3, -0.25) is 0 Å². The summed E-state index contributed by atoms with van der Waals surface area (Å²) in [7, 11) is 0. The van der Waals surface area contributed by atoms with Gasteiger partial charge < -0.3 is 9.88 Å². The van der Waals surface area contributed by atoms with Crippen molar-refractivity contribution in [2.24, 2.45) is 5.92 Å². The van der Waals surface area contributed by atoms with Gasteiger partial charge in [0.25, 0.3) is 0 Å². The van der Waals surface area contributed by atoms with Gasteiger partial charge in [0.15, 0.2) is 0 Å². The molecule has 12 rings (SSSR count). The smallest absolute Gasteiger partial charge is 0.0538 e. The van der Waals surface area contributed by atoms with E-state index in [0.29, 0.717) is 5.92 Å². The molecular formula is C80H82N2. The van der Waals surface area contributed by atoms with Crippen LogP contribution in [0.15, 0.2) is 250 Å². The van der Waals surface area contributed by atoms with E-state index >= 15 is 0 Å². The molecule has 1 atom stereocenters. The maximum Gasteiger partial charge on any atom is 0.0538 e. The summed E-state index contributed by atoms with van der Waals surface area (Å²) < 4.78 is 2.35. The first kappa shape index (κ1) is 59.1. The Labute approximate surface area is 490 Å². The molecule has 1 unspecified atom stereocenters. The van der Waals surface area contributed by atoms with Crippen molar-refractivity contribution >= 4 is 49.9 Å². The van der Waals surface area contributed by atoms with Crippen molar-refractivity contribution in [3.63, 3.8) is 0 Å². The number of aromatic nitrogens is 1. The van der Waals surface area contributed by atoms with Gasteiger partial charge in [-0.2, -0.15) is 0 Å². The van der Waals surface area contributed by atoms with Gasteiger partial charge in [-0.15, -0.1) is 6.58 Å². The number of aryl methyl sites for hydroxylation is 3. The summed E-state index contributed by atoms with van der Waals surface area (Å²) in [5.41, 5.74) is 24.8. The van der Waals surface area contributed by atoms with Crippen LogP contribution in [0.4, 0.5) is 11.4 Å². The predicted octanol–water partition coefficient (Wildman–Crippen LogP) is 23.6. The summed E-state index contributed by atoms with van der Waals surface area (Å²) in [6, 6.07) is 75.3. The van der Waals surface area contributed by atoms with Gasteiger partial charge in [0.1, 0.15) is 0 Å². The van der Waals surface area contributed by atoms with Gasteiger partial charge in [-0.05, 0) is 189 Å². The molecule has 1 aromatic heterocycles. The van der Waals surface area contributed by atoms with Crippen molar-refractivity contribution < 1.29 is 0 Å². The second-order valence-corrected chi connectivity index (χ2v) is 21.9. The molecule has 0 aliphatic heterocycles. The van der Waals surface area contributed by atoms with E-state index in [1.165, 1.54) is 116 Å². The monoisotopic (exact) mass is 1070 g/mol. The number of fused-ring (bicyclic) bond motifs is 6. The lowest BCUT2D eigenvalue weighted by atomic mass is 9.78. The van der Waals surface area contributed by atoms with Crippen molar-refractivity contribution in [3.8, 4) is 50.2 Å². The highest BCUT2D eigenvalue weighted by Gasteiger charge is 2.24. The molecule has 412 valence electrons. The fraction of sp³-hybridized carbons (Fsp3) is 0.175. The van der Waals surface area contributed by atoms with E-state index < -0.39 is 0 Å². The molecule has 1 heterocycles. The molecule has 2 nitrogen and oxygen atoms in total. The molecule has 0 saturated carbocycles. The molecule has 10 aromatic carbocycles. The molecule has 1 aliphatic rings. The van der Waals surface area contributed by atoms with E-state index in [-0.39, 0.29) is 0 Å². The van der Waals surface area contributed by atoms with E-state index in [2.05, 4.69) is 280 Å². The van der Waals surface area contributed by atoms with Crippen LogP contribution in [0.5, 0.6) is 0 Å². The van der Waals surface area contributed by atoms with Gasteiger partial charge >= 0.3 is 0 Å². The first-order valence-electron chi connectivity index (χ1n) is 29.2. The summed E-state index contributed by atoms with van der Waals surface area (Å²) >= 11 is 0. The Kier molecular flexibility index (Phi) is 19.8. The third-order valence-corrected chi connectivity index (χ3v) is 15.1. The molecule has 0 spiro atoms. The van der Waals surface area contributed by atoms with Crippen LogP contribution in [-0.4, -0.2) is 4.57 Å². The zero-order chi connectivity index (χ0) is 58.5. The molecule has 0 fully saturated rings. The molecular weight excluding hydrogens is 989 g/mol. The SMILES string of the molecule is C=CCC(=C)C=C.C=Cc1c(C)n(-c2ccc(Nc3cc(C)c(-c4c5ccccc5c(-c5ccc6c(c5)CC(C)c5ccccc5-6)c5ccccc45)cc3C)cc2)c2ccc(-c3ccccc3)cc12.CC.CC(C)C.Cc1ccccc1. The van der Waals surface area contributed by atoms with Crippen molar-refractivity contribution in [1.82, 2.24) is 4.57 Å². The van der Waals surface area contributed by atoms with Gasteiger partial charge in [0.2, 0.25) is 0 Å². The van der Waals surface area contributed by atoms with Crippen LogP contribution in [0.3, 0.4) is 0 Å². The summed E-state index contributed by atoms with van der Waals surface area (Å²) in [4.78, 5) is 0. The van der Waals surface area contributed by atoms with Crippen LogP contribution in [0.25, 0.3) is 88.7 Å². The lowest BCUT2D eigenvalue weighted by molar-refractivity contribution is 0.737. The second-order valence-electron chi connectivity index (χ2n) is 21.9. The lowest BCUT2D eigenvalue weighted by Crippen LogP contribution is -2.08. The zero-order valence-corrected chi connectivity index (χ0v) is 50.2. The van der Waals surface area contributed by atoms with Crippen LogP contribution in [-0.2, 0) is 6.42 Å². The molecule has 82 heavy (non-hydrogen) atoms. The lowest BCUT2D eigenvalue weighted by Gasteiger charge is -2.26. The molecule has 11 aromatic rings. The Morgan fingerprint density at radius 3 is 1.67 bits per heavy atom. The van der Waals surface area contributed by atoms with E-state index in [9.17, 15) is 0 Å². The fourth-order valence-electron chi connectivity index (χ4n) is 11.2. The average molecular weight is 1070 g/mol. The molecule has 0 radical (unpaired) electrons. The minimum atomic E-state index is 0.489. The number of hydrogen-bond acceptors (Lipinski definition) is 1. The fourth-order valence-corrected chi connectivity index (χ4v) is 11.2. The Bertz CT molecular complexity index is 3960. The zero-order valence-electron chi connectivity index (χ0n) is 50.2. The van der Waals surface area contributed by atoms with Gasteiger partial charge in [-0.1, -0.05) is 248 Å². The highest BCUT2D eigenvalue weighted by molar-refractivity contribution is 6.21. The maximum absolute atomic E-state index is 4.20. The van der Waals surface area contributed by atoms with Crippen LogP contribution in [0, 0.1) is 33.6 Å². The molecule has 1 N–H and O–H groups in total. The quantitative estimate of drug-likeness (QED) is 0.0820. The van der Waals surface area contributed by atoms with Crippen LogP contribution in [0.2, 0.25) is 0 Å². The van der Waals surface area contributed by atoms with E-state index in [1.54, 1.807) is 6.08 Å². The molecule has 0 saturated heterocycles. The predicted molar refractivity (Wildman–Crippen MR) is 363 cm³/mol. The standard InChI is InChI=1S/C60H48N2.C7H8.C7H10.C4H10.C2H6/c1-6-47-40(5)62(58-31-25-42(36-56(47)58)41-16-8-7-9-17-41)46-28-26-45(27-29-46)61-57-34-38(3)55(33-39(57)4)60-53-22-14-12-20-51(53)59(52-21-13-15-23-54(52)60)43-24-30-49-44(35-43)32-37(2)48-18-10-11-19-50(48)49;1-7-5-3-2-4-6-7;1-4-6-7(3)5-2;1-4(2)3;1-2/h6-31,33-37,61H,1,32H2,2-5H3;2-6H,1H3;4-5H,1-3,6H2;4H,1-3H3;1-2H3. The van der Waals surface area contributed by atoms with Crippen LogP contribution in [0.1, 0.15) is 93.0 Å². The molecule has 2 heteroatoms. The van der Waals surface area contributed by atoms with Gasteiger partial charge in [-0.25, -0.2) is 0 Å². The number of anilines is 2. The van der Waals surface area contributed by atoms with Crippen molar-refractivity contribution in [2.45, 2.75) is 88.0 Å². The average Bonchev–Trinajstić information content (AvgIpc) is 3.49. The number of benzene rings is 10. The van der Waals surface area contributed by atoms with E-state index in [4.69, 9.17) is 0 Å². The number of nitrogens with zero attached hydrogens (tertiary/aromatic N) is 1. The summed E-state index contributed by atoms with van der Waals surface area (Å²) in [6.07, 6.45) is 7.44. The Balaban J connectivity index is 0.000000378. The Morgan fingerprint density at radius 2 is 1.11 bits per heavy atom. The molecule has 0 bridgehead atoms. The number of nitrogens with one attached hydrogen (secondary N) is 1. The summed E-state index contributed by atoms with van der Waals surface area (Å²) in [6.45, 7) is 36.6. The summed E-state index contributed by atoms with van der Waals surface area (Å²) in [5, 5.41) is 10.1. The first-order chi connectivity index (χ1) is 39.8. The largest absolute Gasteiger partial charge is 0.355 e. The number of hydrogen-bond donors (Lipinski definition) is 1. The van der Waals surface area contributed by atoms with E-state index in [0.717, 1.165) is 41.4 Å². The maximum atomic E-state index is 4.20. The minimum Gasteiger partial charge on any atom is -0.355 e. The van der Waals surface area contributed by atoms with Crippen LogP contribution >= 0.6 is 0 Å². The summed E-state index contributed by atoms with van der Waals surface area (Å²) in [5.74, 6) is 1.32. The topological polar surface area (TPSA) is 17.0 Å². The Morgan fingerprint density at radius 1 is 0.549 bits per heavy atom. The van der Waals surface area contributed by atoms with Gasteiger partial charge in [0, 0.05) is 33.7 Å². The first-order valence-corrected chi connectivity index (χ1v) is 29.2. The van der Waals surface area contributed by atoms with Gasteiger partial charge in [0.05, 0.1) is 5.52 Å². The van der Waals surface area contributed by atoms with Crippen LogP contribution < -0.4 is 5.32 Å². The Hall–Kier alpha value is -8.98. The van der Waals surface area contributed by atoms with Crippen molar-refractivity contribution in [1.29, 1.82) is 0 Å². The third kappa shape index (κ3) is 13.1. The molecule has 1 aliphatic carbocycles. The normalized spacial score (nSPS) is 12.0. The highest BCUT2D eigenvalue weighted by Crippen LogP contribution is 2.47. The number of rotatable bonds is 10. The van der Waals surface area contributed by atoms with Crippen molar-refractivity contribution in [2.75, 3.05) is 5.32 Å². The minimum absolute atomic E-state index is 0.489. The number of allylic oxidation sites excluding steroid dienone is 3. The van der Waals surface area contributed by atoms with Crippen molar-refractivity contribution in [3.05, 3.63) is 289 Å². The molecule has 0 amide bonds. The van der Waals surface area contributed by atoms with E-state index in [1.807, 2.05) is 44.2 Å². The third-order valence-electron chi connectivity index (χ3n) is 15.1. The highest BCUT2D eigenvalue weighted by atomic mass is 15.0. The second kappa shape index (κ2) is 27.5.